The van der Waals surface area contributed by atoms with Crippen LogP contribution >= 0.6 is 0 Å². The molecule has 10 rings (SSSR count). The Bertz CT molecular complexity index is 2920. The van der Waals surface area contributed by atoms with E-state index in [1.807, 2.05) is 0 Å². The predicted molar refractivity (Wildman–Crippen MR) is 277 cm³/mol. The zero-order chi connectivity index (χ0) is 42.9. The molecule has 0 atom stereocenters. The van der Waals surface area contributed by atoms with Crippen LogP contribution in [0.2, 0.25) is 0 Å². The maximum Gasteiger partial charge on any atom is 0.0462 e. The van der Waals surface area contributed by atoms with Crippen LogP contribution in [0.25, 0.3) is 58.0 Å². The van der Waals surface area contributed by atoms with Gasteiger partial charge in [-0.3, -0.25) is 0 Å². The highest BCUT2D eigenvalue weighted by atomic mass is 15.1. The van der Waals surface area contributed by atoms with E-state index in [2.05, 4.69) is 289 Å². The van der Waals surface area contributed by atoms with Gasteiger partial charge in [-0.2, -0.15) is 0 Å². The van der Waals surface area contributed by atoms with Crippen molar-refractivity contribution < 1.29 is 0 Å². The van der Waals surface area contributed by atoms with E-state index in [0.717, 1.165) is 45.3 Å². The molecule has 0 aliphatic rings. The molecule has 2 heteroatoms. The van der Waals surface area contributed by atoms with Crippen molar-refractivity contribution >= 4 is 92.1 Å². The van der Waals surface area contributed by atoms with Crippen molar-refractivity contribution in [2.75, 3.05) is 9.80 Å². The van der Waals surface area contributed by atoms with Gasteiger partial charge in [0.05, 0.1) is 0 Å². The summed E-state index contributed by atoms with van der Waals surface area (Å²) in [6, 6.07) is 86.2. The lowest BCUT2D eigenvalue weighted by Gasteiger charge is -2.25. The molecule has 0 heterocycles. The smallest absolute Gasteiger partial charge is 0.0462 e. The van der Waals surface area contributed by atoms with Crippen molar-refractivity contribution in [1.82, 2.24) is 0 Å². The number of benzene rings is 10. The Hall–Kier alpha value is -8.46. The summed E-state index contributed by atoms with van der Waals surface area (Å²) in [7, 11) is 0. The van der Waals surface area contributed by atoms with E-state index in [9.17, 15) is 0 Å². The lowest BCUT2D eigenvalue weighted by molar-refractivity contribution is 1.28. The second kappa shape index (κ2) is 18.7. The van der Waals surface area contributed by atoms with E-state index < -0.39 is 0 Å². The molecule has 10 aromatic carbocycles. The van der Waals surface area contributed by atoms with E-state index in [-0.39, 0.29) is 0 Å². The Labute approximate surface area is 376 Å². The molecule has 0 spiro atoms. The first-order valence-electron chi connectivity index (χ1n) is 21.8. The molecule has 0 aliphatic carbocycles. The van der Waals surface area contributed by atoms with Gasteiger partial charge in [-0.1, -0.05) is 182 Å². The third-order valence-corrected chi connectivity index (χ3v) is 11.5. The number of fused-ring (bicyclic) bond motifs is 2. The van der Waals surface area contributed by atoms with E-state index in [1.165, 1.54) is 43.8 Å². The maximum atomic E-state index is 2.28. The van der Waals surface area contributed by atoms with Gasteiger partial charge in [0.1, 0.15) is 0 Å². The van der Waals surface area contributed by atoms with Crippen molar-refractivity contribution in [1.29, 1.82) is 0 Å². The number of rotatable bonds is 12. The molecule has 0 aromatic heterocycles. The molecule has 0 radical (unpaired) electrons. The fourth-order valence-corrected chi connectivity index (χ4v) is 8.23. The molecule has 0 bridgehead atoms. The van der Waals surface area contributed by atoms with Crippen molar-refractivity contribution in [2.45, 2.75) is 0 Å². The zero-order valence-electron chi connectivity index (χ0n) is 35.5. The van der Waals surface area contributed by atoms with Gasteiger partial charge in [-0.05, 0) is 152 Å². The fourth-order valence-electron chi connectivity index (χ4n) is 8.23. The van der Waals surface area contributed by atoms with E-state index in [4.69, 9.17) is 0 Å². The van der Waals surface area contributed by atoms with E-state index in [1.54, 1.807) is 0 Å². The topological polar surface area (TPSA) is 6.48 Å². The Balaban J connectivity index is 0.782. The van der Waals surface area contributed by atoms with Crippen molar-refractivity contribution in [3.63, 3.8) is 0 Å². The van der Waals surface area contributed by atoms with Crippen LogP contribution in [0.4, 0.5) is 34.1 Å². The number of nitrogens with zero attached hydrogens (tertiary/aromatic N) is 2. The van der Waals surface area contributed by atoms with Gasteiger partial charge >= 0.3 is 0 Å². The Morgan fingerprint density at radius 1 is 0.188 bits per heavy atom. The molecule has 0 N–H and O–H groups in total. The minimum absolute atomic E-state index is 1.12. The summed E-state index contributed by atoms with van der Waals surface area (Å²) in [4.78, 5) is 4.56. The van der Waals surface area contributed by atoms with Crippen LogP contribution in [-0.2, 0) is 0 Å². The van der Waals surface area contributed by atoms with E-state index in [0.29, 0.717) is 0 Å². The summed E-state index contributed by atoms with van der Waals surface area (Å²) < 4.78 is 0. The molecular weight excluding hydrogens is 773 g/mol. The minimum Gasteiger partial charge on any atom is -0.311 e. The fraction of sp³-hybridized carbons (Fsp3) is 0. The molecule has 304 valence electrons. The summed E-state index contributed by atoms with van der Waals surface area (Å²) >= 11 is 0. The van der Waals surface area contributed by atoms with Crippen molar-refractivity contribution in [2.24, 2.45) is 0 Å². The highest BCUT2D eigenvalue weighted by Gasteiger charge is 2.13. The van der Waals surface area contributed by atoms with E-state index >= 15 is 0 Å². The molecule has 0 unspecified atom stereocenters. The van der Waals surface area contributed by atoms with Gasteiger partial charge in [0.2, 0.25) is 0 Å². The van der Waals surface area contributed by atoms with Crippen LogP contribution in [0.5, 0.6) is 0 Å². The minimum atomic E-state index is 1.12. The molecule has 64 heavy (non-hydrogen) atoms. The maximum absolute atomic E-state index is 2.28. The molecular formula is C62H46N2. The average Bonchev–Trinajstić information content (AvgIpc) is 3.36. The third kappa shape index (κ3) is 9.23. The second-order valence-corrected chi connectivity index (χ2v) is 15.9. The molecule has 0 aliphatic heterocycles. The second-order valence-electron chi connectivity index (χ2n) is 15.9. The third-order valence-electron chi connectivity index (χ3n) is 11.5. The Morgan fingerprint density at radius 2 is 0.391 bits per heavy atom. The summed E-state index contributed by atoms with van der Waals surface area (Å²) in [6.45, 7) is 0. The normalized spacial score (nSPS) is 11.6. The SMILES string of the molecule is C(=C\c1ccc2cc(/C=C/c3ccc4cc(/C=C/c5ccc(N(c6ccccc6)c6ccccc6)cc5)ccc4c3)ccc2c1)/c1ccc(N(c2ccccc2)c2ccccc2)cc1. The van der Waals surface area contributed by atoms with Gasteiger partial charge in [-0.25, -0.2) is 0 Å². The highest BCUT2D eigenvalue weighted by Crippen LogP contribution is 2.36. The van der Waals surface area contributed by atoms with Crippen LogP contribution < -0.4 is 9.80 Å². The summed E-state index contributed by atoms with van der Waals surface area (Å²) in [5.74, 6) is 0. The van der Waals surface area contributed by atoms with Crippen LogP contribution in [0.1, 0.15) is 33.4 Å². The molecule has 2 nitrogen and oxygen atoms in total. The molecule has 0 saturated carbocycles. The summed E-state index contributed by atoms with van der Waals surface area (Å²) in [5.41, 5.74) is 13.8. The van der Waals surface area contributed by atoms with Crippen molar-refractivity contribution in [3.05, 3.63) is 276 Å². The first-order chi connectivity index (χ1) is 31.7. The average molecular weight is 819 g/mol. The van der Waals surface area contributed by atoms with Gasteiger partial charge in [0.15, 0.2) is 0 Å². The van der Waals surface area contributed by atoms with Crippen LogP contribution in [0, 0.1) is 0 Å². The quantitative estimate of drug-likeness (QED) is 0.113. The van der Waals surface area contributed by atoms with Gasteiger partial charge < -0.3 is 9.80 Å². The predicted octanol–water partition coefficient (Wildman–Crippen LogP) is 17.4. The number of hydrogen-bond acceptors (Lipinski definition) is 2. The van der Waals surface area contributed by atoms with Crippen molar-refractivity contribution in [3.8, 4) is 0 Å². The van der Waals surface area contributed by atoms with Gasteiger partial charge in [0.25, 0.3) is 0 Å². The first kappa shape index (κ1) is 39.7. The largest absolute Gasteiger partial charge is 0.311 e. The standard InChI is InChI=1S/C62H46N2/c1-5-13-57(14-6-1)63(58-15-7-2-8-16-58)61-39-31-47(32-40-61)21-23-49-27-35-55-45-51(29-37-53(55)43-49)25-26-52-30-38-54-44-50(28-36-56(54)46-52)24-22-48-33-41-62(42-34-48)64(59-17-9-3-10-18-59)60-19-11-4-12-20-60/h1-46H/b23-21+,24-22+,26-25+. The molecule has 0 saturated heterocycles. The molecule has 10 aromatic rings. The molecule has 0 amide bonds. The summed E-state index contributed by atoms with van der Waals surface area (Å²) in [6.07, 6.45) is 13.2. The zero-order valence-corrected chi connectivity index (χ0v) is 35.5. The lowest BCUT2D eigenvalue weighted by Crippen LogP contribution is -2.09. The summed E-state index contributed by atoms with van der Waals surface area (Å²) in [5, 5.41) is 4.89. The van der Waals surface area contributed by atoms with Gasteiger partial charge in [-0.15, -0.1) is 0 Å². The first-order valence-corrected chi connectivity index (χ1v) is 21.8. The number of anilines is 6. The van der Waals surface area contributed by atoms with Crippen LogP contribution in [0.15, 0.2) is 243 Å². The van der Waals surface area contributed by atoms with Crippen LogP contribution in [0.3, 0.4) is 0 Å². The monoisotopic (exact) mass is 818 g/mol. The molecule has 0 fully saturated rings. The number of para-hydroxylation sites is 4. The van der Waals surface area contributed by atoms with Gasteiger partial charge in [0, 0.05) is 34.1 Å². The highest BCUT2D eigenvalue weighted by molar-refractivity contribution is 5.91. The lowest BCUT2D eigenvalue weighted by atomic mass is 10.0. The Morgan fingerprint density at radius 3 is 0.641 bits per heavy atom. The Kier molecular flexibility index (Phi) is 11.6. The number of hydrogen-bond donors (Lipinski definition) is 0. The van der Waals surface area contributed by atoms with Crippen LogP contribution in [-0.4, -0.2) is 0 Å².